The summed E-state index contributed by atoms with van der Waals surface area (Å²) in [5.41, 5.74) is 4.45. The molecule has 0 bridgehead atoms. The molecule has 2 aromatic heterocycles. The van der Waals surface area contributed by atoms with Crippen LogP contribution in [0.15, 0.2) is 65.7 Å². The van der Waals surface area contributed by atoms with E-state index in [9.17, 15) is 10.1 Å². The molecule has 0 saturated carbocycles. The fraction of sp³-hybridized carbons (Fsp3) is 0.167. The lowest BCUT2D eigenvalue weighted by Gasteiger charge is -2.24. The van der Waals surface area contributed by atoms with E-state index in [2.05, 4.69) is 0 Å². The van der Waals surface area contributed by atoms with Crippen molar-refractivity contribution >= 4 is 38.8 Å². The van der Waals surface area contributed by atoms with Crippen molar-refractivity contribution in [1.29, 1.82) is 0 Å². The van der Waals surface area contributed by atoms with Gasteiger partial charge in [0.1, 0.15) is 4.83 Å². The van der Waals surface area contributed by atoms with Crippen LogP contribution >= 0.6 is 11.3 Å². The number of ether oxygens (including phenoxy) is 2. The molecule has 5 rings (SSSR count). The zero-order valence-corrected chi connectivity index (χ0v) is 18.3. The van der Waals surface area contributed by atoms with E-state index < -0.39 is 4.92 Å². The van der Waals surface area contributed by atoms with Gasteiger partial charge < -0.3 is 9.47 Å². The topological polar surface area (TPSA) is 86.9 Å². The normalized spacial score (nSPS) is 15.2. The number of thiophene rings is 1. The Kier molecular flexibility index (Phi) is 5.16. The van der Waals surface area contributed by atoms with Crippen LogP contribution in [0.25, 0.3) is 10.2 Å². The van der Waals surface area contributed by atoms with Crippen molar-refractivity contribution in [3.05, 3.63) is 98.0 Å². The van der Waals surface area contributed by atoms with Crippen LogP contribution in [0.3, 0.4) is 0 Å². The zero-order chi connectivity index (χ0) is 22.2. The number of nitrogens with zero attached hydrogens (tertiary/aromatic N) is 3. The molecule has 2 aromatic carbocycles. The number of fused-ring (bicyclic) bond motifs is 3. The van der Waals surface area contributed by atoms with Crippen LogP contribution in [0.4, 0.5) is 11.4 Å². The summed E-state index contributed by atoms with van der Waals surface area (Å²) in [6.07, 6.45) is -0.358. The number of benzene rings is 2. The SMILES string of the molecule is COCc1cc(C)nc2sc3c(c12)N=C(c1ccc([N+](=O)[O-])cc1)OC3c1ccccc1. The second-order valence-electron chi connectivity index (χ2n) is 7.48. The molecule has 0 spiro atoms. The Morgan fingerprint density at radius 1 is 1.16 bits per heavy atom. The summed E-state index contributed by atoms with van der Waals surface area (Å²) in [6.45, 7) is 2.41. The van der Waals surface area contributed by atoms with E-state index in [4.69, 9.17) is 19.5 Å². The number of hydrogen-bond acceptors (Lipinski definition) is 7. The molecular formula is C24H19N3O4S. The average molecular weight is 446 g/mol. The third kappa shape index (κ3) is 3.53. The Labute approximate surface area is 188 Å². The van der Waals surface area contributed by atoms with Crippen molar-refractivity contribution in [3.8, 4) is 0 Å². The smallest absolute Gasteiger partial charge is 0.269 e. The van der Waals surface area contributed by atoms with Gasteiger partial charge in [-0.25, -0.2) is 9.98 Å². The van der Waals surface area contributed by atoms with Gasteiger partial charge in [0, 0.05) is 35.9 Å². The minimum atomic E-state index is -0.421. The molecule has 4 aromatic rings. The summed E-state index contributed by atoms with van der Waals surface area (Å²) < 4.78 is 11.8. The fourth-order valence-corrected chi connectivity index (χ4v) is 5.13. The van der Waals surface area contributed by atoms with E-state index in [1.165, 1.54) is 12.1 Å². The molecule has 8 heteroatoms. The molecule has 1 aliphatic heterocycles. The number of nitro groups is 1. The summed E-state index contributed by atoms with van der Waals surface area (Å²) in [5.74, 6) is 0.421. The Balaban J connectivity index is 1.73. The van der Waals surface area contributed by atoms with Crippen molar-refractivity contribution < 1.29 is 14.4 Å². The first-order chi connectivity index (χ1) is 15.5. The molecule has 0 amide bonds. The van der Waals surface area contributed by atoms with E-state index >= 15 is 0 Å². The van der Waals surface area contributed by atoms with E-state index in [1.807, 2.05) is 43.3 Å². The monoisotopic (exact) mass is 445 g/mol. The molecule has 1 unspecified atom stereocenters. The first-order valence-electron chi connectivity index (χ1n) is 10.0. The van der Waals surface area contributed by atoms with Gasteiger partial charge in [0.05, 0.1) is 22.1 Å². The first-order valence-corrected chi connectivity index (χ1v) is 10.8. The van der Waals surface area contributed by atoms with Gasteiger partial charge in [-0.1, -0.05) is 30.3 Å². The van der Waals surface area contributed by atoms with E-state index in [0.717, 1.165) is 37.6 Å². The van der Waals surface area contributed by atoms with E-state index in [1.54, 1.807) is 30.6 Å². The van der Waals surface area contributed by atoms with Crippen molar-refractivity contribution in [1.82, 2.24) is 4.98 Å². The number of aryl methyl sites for hydroxylation is 1. The number of nitro benzene ring substituents is 1. The average Bonchev–Trinajstić information content (AvgIpc) is 3.17. The zero-order valence-electron chi connectivity index (χ0n) is 17.4. The van der Waals surface area contributed by atoms with Crippen LogP contribution in [0.2, 0.25) is 0 Å². The third-order valence-electron chi connectivity index (χ3n) is 5.28. The van der Waals surface area contributed by atoms with Crippen molar-refractivity contribution in [2.45, 2.75) is 19.6 Å². The highest BCUT2D eigenvalue weighted by Gasteiger charge is 2.31. The number of aliphatic imine (C=N–C) groups is 1. The largest absolute Gasteiger partial charge is 0.463 e. The van der Waals surface area contributed by atoms with Gasteiger partial charge >= 0.3 is 0 Å². The maximum atomic E-state index is 11.1. The molecule has 160 valence electrons. The Morgan fingerprint density at radius 2 is 1.91 bits per heavy atom. The van der Waals surface area contributed by atoms with Gasteiger partial charge in [-0.3, -0.25) is 10.1 Å². The van der Waals surface area contributed by atoms with Crippen molar-refractivity contribution in [2.75, 3.05) is 7.11 Å². The van der Waals surface area contributed by atoms with Crippen LogP contribution in [-0.4, -0.2) is 22.9 Å². The molecule has 1 atom stereocenters. The molecule has 0 aliphatic carbocycles. The van der Waals surface area contributed by atoms with Gasteiger partial charge in [-0.05, 0) is 36.2 Å². The number of methoxy groups -OCH3 is 1. The van der Waals surface area contributed by atoms with Gasteiger partial charge in [0.2, 0.25) is 5.90 Å². The lowest BCUT2D eigenvalue weighted by Crippen LogP contribution is -2.16. The highest BCUT2D eigenvalue weighted by Crippen LogP contribution is 2.48. The second-order valence-corrected chi connectivity index (χ2v) is 8.51. The Morgan fingerprint density at radius 3 is 2.59 bits per heavy atom. The standard InChI is InChI=1S/C24H19N3O4S/c1-14-12-17(13-30-2)19-20-22(32-24(19)25-14)21(15-6-4-3-5-7-15)31-23(26-20)16-8-10-18(11-9-16)27(28)29/h3-12,21H,13H2,1-2H3. The first kappa shape index (κ1) is 20.3. The van der Waals surface area contributed by atoms with Gasteiger partial charge in [-0.15, -0.1) is 11.3 Å². The fourth-order valence-electron chi connectivity index (χ4n) is 3.87. The molecule has 0 N–H and O–H groups in total. The number of rotatable bonds is 5. The number of non-ortho nitro benzene ring substituents is 1. The summed E-state index contributed by atoms with van der Waals surface area (Å²) in [4.78, 5) is 22.1. The summed E-state index contributed by atoms with van der Waals surface area (Å²) >= 11 is 1.57. The summed E-state index contributed by atoms with van der Waals surface area (Å²) in [5, 5.41) is 12.0. The molecule has 0 fully saturated rings. The Bertz CT molecular complexity index is 1350. The van der Waals surface area contributed by atoms with Crippen LogP contribution in [0.1, 0.15) is 33.4 Å². The maximum absolute atomic E-state index is 11.1. The van der Waals surface area contributed by atoms with E-state index in [0.29, 0.717) is 18.1 Å². The third-order valence-corrected chi connectivity index (χ3v) is 6.40. The highest BCUT2D eigenvalue weighted by atomic mass is 32.1. The van der Waals surface area contributed by atoms with Crippen LogP contribution in [0, 0.1) is 17.0 Å². The van der Waals surface area contributed by atoms with Gasteiger partial charge in [0.15, 0.2) is 6.10 Å². The molecule has 7 nitrogen and oxygen atoms in total. The second kappa shape index (κ2) is 8.14. The number of pyridine rings is 1. The van der Waals surface area contributed by atoms with Crippen molar-refractivity contribution in [3.63, 3.8) is 0 Å². The predicted molar refractivity (Wildman–Crippen MR) is 124 cm³/mol. The maximum Gasteiger partial charge on any atom is 0.269 e. The quantitative estimate of drug-likeness (QED) is 0.284. The summed E-state index contributed by atoms with van der Waals surface area (Å²) in [6, 6.07) is 18.2. The molecular weight excluding hydrogens is 426 g/mol. The molecule has 0 saturated heterocycles. The highest BCUT2D eigenvalue weighted by molar-refractivity contribution is 7.19. The van der Waals surface area contributed by atoms with Crippen LogP contribution < -0.4 is 0 Å². The van der Waals surface area contributed by atoms with Gasteiger partial charge in [0.25, 0.3) is 5.69 Å². The minimum absolute atomic E-state index is 0.0218. The minimum Gasteiger partial charge on any atom is -0.463 e. The molecule has 32 heavy (non-hydrogen) atoms. The van der Waals surface area contributed by atoms with E-state index in [-0.39, 0.29) is 11.8 Å². The molecule has 3 heterocycles. The molecule has 0 radical (unpaired) electrons. The van der Waals surface area contributed by atoms with Crippen LogP contribution in [0.5, 0.6) is 0 Å². The summed E-state index contributed by atoms with van der Waals surface area (Å²) in [7, 11) is 1.67. The van der Waals surface area contributed by atoms with Gasteiger partial charge in [-0.2, -0.15) is 0 Å². The number of hydrogen-bond donors (Lipinski definition) is 0. The van der Waals surface area contributed by atoms with Crippen molar-refractivity contribution in [2.24, 2.45) is 4.99 Å². The molecule has 1 aliphatic rings. The predicted octanol–water partition coefficient (Wildman–Crippen LogP) is 5.86. The van der Waals surface area contributed by atoms with Crippen LogP contribution in [-0.2, 0) is 16.1 Å². The number of aromatic nitrogens is 1. The lowest BCUT2D eigenvalue weighted by molar-refractivity contribution is -0.384. The Hall–Kier alpha value is -3.62. The lowest BCUT2D eigenvalue weighted by atomic mass is 10.0.